The number of hydrogen-bond acceptors (Lipinski definition) is 4. The number of carbonyl (C=O) groups is 3. The van der Waals surface area contributed by atoms with Crippen molar-refractivity contribution in [2.45, 2.75) is 44.6 Å². The number of carboxylic acid groups (broad SMARTS) is 1. The third kappa shape index (κ3) is 8.99. The first kappa shape index (κ1) is 24.6. The van der Waals surface area contributed by atoms with E-state index in [1.165, 1.54) is 0 Å². The lowest BCUT2D eigenvalue weighted by atomic mass is 10.1. The van der Waals surface area contributed by atoms with Gasteiger partial charge in [-0.05, 0) is 36.8 Å². The summed E-state index contributed by atoms with van der Waals surface area (Å²) in [5, 5.41) is 21.7. The summed E-state index contributed by atoms with van der Waals surface area (Å²) < 4.78 is 0. The molecule has 6 N–H and O–H groups in total. The van der Waals surface area contributed by atoms with Gasteiger partial charge in [-0.3, -0.25) is 19.8 Å². The van der Waals surface area contributed by atoms with Gasteiger partial charge in [0.05, 0.1) is 6.42 Å². The Kier molecular flexibility index (Phi) is 9.90. The van der Waals surface area contributed by atoms with E-state index in [1.54, 1.807) is 12.1 Å². The van der Waals surface area contributed by atoms with E-state index < -0.39 is 24.3 Å². The van der Waals surface area contributed by atoms with Crippen LogP contribution in [0.25, 0.3) is 0 Å². The SMILES string of the molecule is N=C(N)c1ccc(CCCCNC(=O)C(CC(=O)O)NC(=O)CCc2ccccc2)cc1. The first-order valence-corrected chi connectivity index (χ1v) is 10.6. The van der Waals surface area contributed by atoms with Crippen LogP contribution in [0.2, 0.25) is 0 Å². The molecule has 8 nitrogen and oxygen atoms in total. The van der Waals surface area contributed by atoms with Crippen LogP contribution in [0.15, 0.2) is 54.6 Å². The van der Waals surface area contributed by atoms with Crippen LogP contribution in [0.1, 0.15) is 42.4 Å². The maximum absolute atomic E-state index is 12.4. The van der Waals surface area contributed by atoms with Crippen molar-refractivity contribution < 1.29 is 19.5 Å². The molecular weight excluding hydrogens is 408 g/mol. The quantitative estimate of drug-likeness (QED) is 0.184. The highest BCUT2D eigenvalue weighted by molar-refractivity contribution is 5.94. The van der Waals surface area contributed by atoms with E-state index in [0.717, 1.165) is 24.0 Å². The number of rotatable bonds is 13. The zero-order chi connectivity index (χ0) is 23.3. The number of unbranched alkanes of at least 4 members (excludes halogenated alkanes) is 1. The smallest absolute Gasteiger partial charge is 0.305 e. The van der Waals surface area contributed by atoms with E-state index in [-0.39, 0.29) is 18.2 Å². The number of aliphatic carboxylic acids is 1. The third-order valence-corrected chi connectivity index (χ3v) is 4.97. The molecule has 0 aliphatic carbocycles. The van der Waals surface area contributed by atoms with Gasteiger partial charge in [0.15, 0.2) is 0 Å². The van der Waals surface area contributed by atoms with E-state index in [1.807, 2.05) is 42.5 Å². The second-order valence-corrected chi connectivity index (χ2v) is 7.56. The number of amidine groups is 1. The van der Waals surface area contributed by atoms with Gasteiger partial charge in [-0.25, -0.2) is 0 Å². The highest BCUT2D eigenvalue weighted by Gasteiger charge is 2.23. The van der Waals surface area contributed by atoms with Gasteiger partial charge in [0, 0.05) is 18.5 Å². The summed E-state index contributed by atoms with van der Waals surface area (Å²) in [7, 11) is 0. The van der Waals surface area contributed by atoms with Crippen LogP contribution in [-0.2, 0) is 27.2 Å². The molecule has 8 heteroatoms. The van der Waals surface area contributed by atoms with Crippen molar-refractivity contribution in [2.75, 3.05) is 6.54 Å². The zero-order valence-corrected chi connectivity index (χ0v) is 18.0. The Balaban J connectivity index is 1.73. The fourth-order valence-electron chi connectivity index (χ4n) is 3.19. The molecule has 1 atom stereocenters. The number of carboxylic acids is 1. The predicted molar refractivity (Wildman–Crippen MR) is 122 cm³/mol. The molecule has 0 spiro atoms. The minimum Gasteiger partial charge on any atom is -0.481 e. The molecule has 2 rings (SSSR count). The normalized spacial score (nSPS) is 11.4. The molecule has 0 aromatic heterocycles. The second kappa shape index (κ2) is 12.9. The van der Waals surface area contributed by atoms with Crippen LogP contribution >= 0.6 is 0 Å². The Labute approximate surface area is 187 Å². The molecule has 0 bridgehead atoms. The summed E-state index contributed by atoms with van der Waals surface area (Å²) >= 11 is 0. The summed E-state index contributed by atoms with van der Waals surface area (Å²) in [5.41, 5.74) is 8.22. The monoisotopic (exact) mass is 438 g/mol. The van der Waals surface area contributed by atoms with Crippen LogP contribution < -0.4 is 16.4 Å². The number of aryl methyl sites for hydroxylation is 2. The van der Waals surface area contributed by atoms with Crippen molar-refractivity contribution in [1.29, 1.82) is 5.41 Å². The van der Waals surface area contributed by atoms with Gasteiger partial charge in [0.1, 0.15) is 11.9 Å². The van der Waals surface area contributed by atoms with Gasteiger partial charge in [0.25, 0.3) is 0 Å². The Morgan fingerprint density at radius 3 is 2.22 bits per heavy atom. The van der Waals surface area contributed by atoms with E-state index >= 15 is 0 Å². The number of nitrogens with two attached hydrogens (primary N) is 1. The van der Waals surface area contributed by atoms with Crippen molar-refractivity contribution in [3.05, 3.63) is 71.3 Å². The molecule has 0 radical (unpaired) electrons. The number of amides is 2. The molecule has 2 aromatic carbocycles. The largest absolute Gasteiger partial charge is 0.481 e. The molecule has 1 unspecified atom stereocenters. The van der Waals surface area contributed by atoms with E-state index in [4.69, 9.17) is 16.2 Å². The summed E-state index contributed by atoms with van der Waals surface area (Å²) in [5.74, 6) is -1.97. The molecule has 170 valence electrons. The van der Waals surface area contributed by atoms with Gasteiger partial charge in [-0.2, -0.15) is 0 Å². The fourth-order valence-corrected chi connectivity index (χ4v) is 3.19. The summed E-state index contributed by atoms with van der Waals surface area (Å²) in [6.45, 7) is 0.389. The van der Waals surface area contributed by atoms with Crippen LogP contribution in [0, 0.1) is 5.41 Å². The summed E-state index contributed by atoms with van der Waals surface area (Å²) in [6, 6.07) is 15.8. The first-order valence-electron chi connectivity index (χ1n) is 10.6. The lowest BCUT2D eigenvalue weighted by Crippen LogP contribution is -2.48. The molecule has 0 saturated heterocycles. The molecule has 0 aliphatic heterocycles. The van der Waals surface area contributed by atoms with Gasteiger partial charge < -0.3 is 21.5 Å². The Bertz CT molecular complexity index is 913. The van der Waals surface area contributed by atoms with E-state index in [2.05, 4.69) is 10.6 Å². The average Bonchev–Trinajstić information content (AvgIpc) is 2.77. The highest BCUT2D eigenvalue weighted by atomic mass is 16.4. The standard InChI is InChI=1S/C24H30N4O4/c25-23(26)19-12-9-18(10-13-19)8-4-5-15-27-24(32)20(16-22(30)31)28-21(29)14-11-17-6-2-1-3-7-17/h1-3,6-7,9-10,12-13,20H,4-5,8,11,14-16H2,(H3,25,26)(H,27,32)(H,28,29)(H,30,31). The van der Waals surface area contributed by atoms with Gasteiger partial charge in [-0.1, -0.05) is 54.6 Å². The Morgan fingerprint density at radius 2 is 1.59 bits per heavy atom. The molecule has 0 fully saturated rings. The zero-order valence-electron chi connectivity index (χ0n) is 18.0. The summed E-state index contributed by atoms with van der Waals surface area (Å²) in [4.78, 5) is 35.7. The Morgan fingerprint density at radius 1 is 0.938 bits per heavy atom. The van der Waals surface area contributed by atoms with E-state index in [9.17, 15) is 14.4 Å². The maximum Gasteiger partial charge on any atom is 0.305 e. The van der Waals surface area contributed by atoms with Gasteiger partial charge in [-0.15, -0.1) is 0 Å². The van der Waals surface area contributed by atoms with Crippen molar-refractivity contribution in [2.24, 2.45) is 5.73 Å². The van der Waals surface area contributed by atoms with Crippen molar-refractivity contribution in [1.82, 2.24) is 10.6 Å². The summed E-state index contributed by atoms with van der Waals surface area (Å²) in [6.07, 6.45) is 2.57. The van der Waals surface area contributed by atoms with Crippen LogP contribution in [0.3, 0.4) is 0 Å². The average molecular weight is 439 g/mol. The van der Waals surface area contributed by atoms with Crippen LogP contribution in [-0.4, -0.2) is 41.3 Å². The van der Waals surface area contributed by atoms with Crippen molar-refractivity contribution in [3.63, 3.8) is 0 Å². The molecule has 0 saturated carbocycles. The van der Waals surface area contributed by atoms with Crippen LogP contribution in [0.4, 0.5) is 0 Å². The number of nitrogen functional groups attached to an aromatic ring is 1. The van der Waals surface area contributed by atoms with Crippen LogP contribution in [0.5, 0.6) is 0 Å². The lowest BCUT2D eigenvalue weighted by molar-refractivity contribution is -0.140. The number of hydrogen-bond donors (Lipinski definition) is 5. The maximum atomic E-state index is 12.4. The molecule has 0 heterocycles. The number of benzene rings is 2. The van der Waals surface area contributed by atoms with Gasteiger partial charge in [0.2, 0.25) is 11.8 Å². The molecule has 2 aromatic rings. The number of carbonyl (C=O) groups excluding carboxylic acids is 2. The van der Waals surface area contributed by atoms with Crippen molar-refractivity contribution >= 4 is 23.6 Å². The lowest BCUT2D eigenvalue weighted by Gasteiger charge is -2.17. The predicted octanol–water partition coefficient (Wildman–Crippen LogP) is 2.00. The third-order valence-electron chi connectivity index (χ3n) is 4.97. The first-order chi connectivity index (χ1) is 15.3. The number of nitrogens with one attached hydrogen (secondary N) is 3. The highest BCUT2D eigenvalue weighted by Crippen LogP contribution is 2.08. The Hall–Kier alpha value is -3.68. The molecular formula is C24H30N4O4. The molecule has 0 aliphatic rings. The molecule has 2 amide bonds. The fraction of sp³-hybridized carbons (Fsp3) is 0.333. The second-order valence-electron chi connectivity index (χ2n) is 7.56. The molecule has 32 heavy (non-hydrogen) atoms. The van der Waals surface area contributed by atoms with E-state index in [0.29, 0.717) is 24.9 Å². The topological polar surface area (TPSA) is 145 Å². The minimum atomic E-state index is -1.15. The van der Waals surface area contributed by atoms with Gasteiger partial charge >= 0.3 is 5.97 Å². The minimum absolute atomic E-state index is 0.0299. The van der Waals surface area contributed by atoms with Crippen molar-refractivity contribution in [3.8, 4) is 0 Å².